The predicted molar refractivity (Wildman–Crippen MR) is 40.5 cm³/mol. The first-order valence-corrected chi connectivity index (χ1v) is 3.15. The van der Waals surface area contributed by atoms with Crippen LogP contribution >= 0.6 is 0 Å². The Morgan fingerprint density at radius 3 is 2.25 bits per heavy atom. The second-order valence-corrected chi connectivity index (χ2v) is 2.21. The molecule has 0 saturated carbocycles. The van der Waals surface area contributed by atoms with Crippen LogP contribution in [0.1, 0.15) is 20.7 Å². The SMILES string of the molecule is O=Cc1cc(O)c(O)c(C=O)c1. The minimum atomic E-state index is -0.504. The molecule has 1 aromatic carbocycles. The fourth-order valence-electron chi connectivity index (χ4n) is 0.822. The molecule has 0 spiro atoms. The average molecular weight is 166 g/mol. The van der Waals surface area contributed by atoms with E-state index < -0.39 is 11.5 Å². The van der Waals surface area contributed by atoms with Gasteiger partial charge in [-0.25, -0.2) is 0 Å². The minimum Gasteiger partial charge on any atom is -0.504 e. The van der Waals surface area contributed by atoms with E-state index >= 15 is 0 Å². The number of carbonyl (C=O) groups excluding carboxylic acids is 2. The van der Waals surface area contributed by atoms with Crippen molar-refractivity contribution in [3.05, 3.63) is 23.3 Å². The largest absolute Gasteiger partial charge is 0.504 e. The van der Waals surface area contributed by atoms with Gasteiger partial charge in [-0.1, -0.05) is 0 Å². The lowest BCUT2D eigenvalue weighted by atomic mass is 10.1. The van der Waals surface area contributed by atoms with Crippen molar-refractivity contribution in [3.63, 3.8) is 0 Å². The Bertz CT molecular complexity index is 330. The van der Waals surface area contributed by atoms with E-state index in [-0.39, 0.29) is 11.1 Å². The standard InChI is InChI=1S/C8H6O4/c9-3-5-1-6(4-10)8(12)7(11)2-5/h1-4,11-12H. The Balaban J connectivity index is 3.37. The number of hydrogen-bond donors (Lipinski definition) is 2. The van der Waals surface area contributed by atoms with Gasteiger partial charge >= 0.3 is 0 Å². The first-order chi connectivity index (χ1) is 5.69. The van der Waals surface area contributed by atoms with Gasteiger partial charge in [-0.3, -0.25) is 9.59 Å². The summed E-state index contributed by atoms with van der Waals surface area (Å²) in [6, 6.07) is 2.27. The van der Waals surface area contributed by atoms with Crippen LogP contribution in [0.15, 0.2) is 12.1 Å². The topological polar surface area (TPSA) is 74.6 Å². The van der Waals surface area contributed by atoms with Gasteiger partial charge in [0.05, 0.1) is 5.56 Å². The fourth-order valence-corrected chi connectivity index (χ4v) is 0.822. The molecule has 0 aromatic heterocycles. The van der Waals surface area contributed by atoms with E-state index in [1.807, 2.05) is 0 Å². The number of phenolic OH excluding ortho intramolecular Hbond substituents is 2. The van der Waals surface area contributed by atoms with Crippen molar-refractivity contribution >= 4 is 12.6 Å². The maximum absolute atomic E-state index is 10.3. The van der Waals surface area contributed by atoms with Crippen molar-refractivity contribution in [2.75, 3.05) is 0 Å². The van der Waals surface area contributed by atoms with Gasteiger partial charge in [0.2, 0.25) is 0 Å². The lowest BCUT2D eigenvalue weighted by Crippen LogP contribution is -1.86. The second-order valence-electron chi connectivity index (χ2n) is 2.21. The quantitative estimate of drug-likeness (QED) is 0.501. The fraction of sp³-hybridized carbons (Fsp3) is 0. The van der Waals surface area contributed by atoms with E-state index in [0.29, 0.717) is 12.6 Å². The summed E-state index contributed by atoms with van der Waals surface area (Å²) in [5, 5.41) is 18.0. The highest BCUT2D eigenvalue weighted by molar-refractivity contribution is 5.86. The summed E-state index contributed by atoms with van der Waals surface area (Å²) in [5.41, 5.74) is 0.0458. The molecule has 4 nitrogen and oxygen atoms in total. The molecule has 1 aromatic rings. The number of hydrogen-bond acceptors (Lipinski definition) is 4. The molecule has 0 heterocycles. The molecular formula is C8H6O4. The molecule has 0 aliphatic heterocycles. The van der Waals surface area contributed by atoms with E-state index in [9.17, 15) is 9.59 Å². The molecule has 0 unspecified atom stereocenters. The maximum Gasteiger partial charge on any atom is 0.168 e. The maximum atomic E-state index is 10.3. The molecule has 0 amide bonds. The monoisotopic (exact) mass is 166 g/mol. The van der Waals surface area contributed by atoms with Crippen LogP contribution in [0.4, 0.5) is 0 Å². The molecule has 2 N–H and O–H groups in total. The highest BCUT2D eigenvalue weighted by Gasteiger charge is 2.07. The van der Waals surface area contributed by atoms with Crippen LogP contribution < -0.4 is 0 Å². The average Bonchev–Trinajstić information content (AvgIpc) is 2.09. The van der Waals surface area contributed by atoms with E-state index in [4.69, 9.17) is 10.2 Å². The van der Waals surface area contributed by atoms with E-state index in [0.717, 1.165) is 6.07 Å². The number of phenols is 2. The van der Waals surface area contributed by atoms with Crippen LogP contribution in [0, 0.1) is 0 Å². The lowest BCUT2D eigenvalue weighted by molar-refractivity contribution is 0.112. The van der Waals surface area contributed by atoms with Crippen molar-refractivity contribution in [3.8, 4) is 11.5 Å². The van der Waals surface area contributed by atoms with E-state index in [1.165, 1.54) is 6.07 Å². The van der Waals surface area contributed by atoms with Crippen LogP contribution in [0.3, 0.4) is 0 Å². The Kier molecular flexibility index (Phi) is 2.09. The van der Waals surface area contributed by atoms with Gasteiger partial charge in [0.25, 0.3) is 0 Å². The van der Waals surface area contributed by atoms with Crippen molar-refractivity contribution in [1.82, 2.24) is 0 Å². The summed E-state index contributed by atoms with van der Waals surface area (Å²) in [6.45, 7) is 0. The summed E-state index contributed by atoms with van der Waals surface area (Å²) < 4.78 is 0. The highest BCUT2D eigenvalue weighted by atomic mass is 16.3. The number of aldehydes is 2. The number of rotatable bonds is 2. The summed E-state index contributed by atoms with van der Waals surface area (Å²) >= 11 is 0. The van der Waals surface area contributed by atoms with Gasteiger partial charge in [-0.2, -0.15) is 0 Å². The zero-order chi connectivity index (χ0) is 9.14. The van der Waals surface area contributed by atoms with Crippen molar-refractivity contribution in [2.45, 2.75) is 0 Å². The zero-order valence-corrected chi connectivity index (χ0v) is 6.02. The first kappa shape index (κ1) is 8.26. The molecule has 0 atom stereocenters. The van der Waals surface area contributed by atoms with Crippen molar-refractivity contribution < 1.29 is 19.8 Å². The molecule has 0 aliphatic carbocycles. The molecular weight excluding hydrogens is 160 g/mol. The second kappa shape index (κ2) is 3.04. The van der Waals surface area contributed by atoms with Gasteiger partial charge in [-0.15, -0.1) is 0 Å². The normalized spacial score (nSPS) is 9.33. The summed E-state index contributed by atoms with van der Waals surface area (Å²) in [4.78, 5) is 20.5. The number of benzene rings is 1. The van der Waals surface area contributed by atoms with Crippen LogP contribution in [0.5, 0.6) is 11.5 Å². The Morgan fingerprint density at radius 2 is 1.75 bits per heavy atom. The van der Waals surface area contributed by atoms with E-state index in [1.54, 1.807) is 0 Å². The summed E-state index contributed by atoms with van der Waals surface area (Å²) in [6.07, 6.45) is 0.841. The molecule has 1 rings (SSSR count). The van der Waals surface area contributed by atoms with Crippen LogP contribution in [0.2, 0.25) is 0 Å². The summed E-state index contributed by atoms with van der Waals surface area (Å²) in [7, 11) is 0. The van der Waals surface area contributed by atoms with E-state index in [2.05, 4.69) is 0 Å². The smallest absolute Gasteiger partial charge is 0.168 e. The van der Waals surface area contributed by atoms with Crippen molar-refractivity contribution in [2.24, 2.45) is 0 Å². The molecule has 0 aliphatic rings. The van der Waals surface area contributed by atoms with Gasteiger partial charge in [0.1, 0.15) is 6.29 Å². The Labute approximate surface area is 68.1 Å². The van der Waals surface area contributed by atoms with Crippen LogP contribution in [-0.2, 0) is 0 Å². The molecule has 0 saturated heterocycles. The Hall–Kier alpha value is -1.84. The van der Waals surface area contributed by atoms with Crippen molar-refractivity contribution in [1.29, 1.82) is 0 Å². The van der Waals surface area contributed by atoms with Gasteiger partial charge < -0.3 is 10.2 Å². The van der Waals surface area contributed by atoms with Gasteiger partial charge in [0, 0.05) is 5.56 Å². The van der Waals surface area contributed by atoms with Crippen LogP contribution in [0.25, 0.3) is 0 Å². The zero-order valence-electron chi connectivity index (χ0n) is 6.02. The molecule has 4 heteroatoms. The predicted octanol–water partition coefficient (Wildman–Crippen LogP) is 0.723. The third kappa shape index (κ3) is 1.27. The third-order valence-corrected chi connectivity index (χ3v) is 1.40. The molecule has 0 fully saturated rings. The van der Waals surface area contributed by atoms with Gasteiger partial charge in [0.15, 0.2) is 17.8 Å². The highest BCUT2D eigenvalue weighted by Crippen LogP contribution is 2.28. The molecule has 12 heavy (non-hydrogen) atoms. The van der Waals surface area contributed by atoms with Gasteiger partial charge in [-0.05, 0) is 12.1 Å². The molecule has 62 valence electrons. The molecule has 0 bridgehead atoms. The summed E-state index contributed by atoms with van der Waals surface area (Å²) in [5.74, 6) is -0.975. The third-order valence-electron chi connectivity index (χ3n) is 1.40. The van der Waals surface area contributed by atoms with Crippen LogP contribution in [-0.4, -0.2) is 22.8 Å². The lowest BCUT2D eigenvalue weighted by Gasteiger charge is -2.00. The molecule has 0 radical (unpaired) electrons. The minimum absolute atomic E-state index is 0.0999. The first-order valence-electron chi connectivity index (χ1n) is 3.15. The number of aromatic hydroxyl groups is 2. The Morgan fingerprint density at radius 1 is 1.08 bits per heavy atom. The number of carbonyl (C=O) groups is 2.